The summed E-state index contributed by atoms with van der Waals surface area (Å²) in [5, 5.41) is 0. The van der Waals surface area contributed by atoms with Gasteiger partial charge in [-0.1, -0.05) is 13.3 Å². The largest absolute Gasteiger partial charge is 0.418 e. The third-order valence-electron chi connectivity index (χ3n) is 3.61. The molecule has 6 heteroatoms. The Morgan fingerprint density at radius 2 is 2.05 bits per heavy atom. The quantitative estimate of drug-likeness (QED) is 0.843. The molecule has 1 fully saturated rings. The highest BCUT2D eigenvalue weighted by molar-refractivity contribution is 5.95. The summed E-state index contributed by atoms with van der Waals surface area (Å²) < 4.78 is 38.6. The van der Waals surface area contributed by atoms with Crippen LogP contribution in [0.15, 0.2) is 18.2 Å². The summed E-state index contributed by atoms with van der Waals surface area (Å²) in [7, 11) is 0. The highest BCUT2D eigenvalue weighted by Gasteiger charge is 2.36. The molecule has 0 bridgehead atoms. The fourth-order valence-electron chi connectivity index (χ4n) is 2.27. The van der Waals surface area contributed by atoms with Gasteiger partial charge in [-0.25, -0.2) is 0 Å². The lowest BCUT2D eigenvalue weighted by molar-refractivity contribution is -0.136. The van der Waals surface area contributed by atoms with E-state index in [4.69, 9.17) is 5.73 Å². The molecular weight excluding hydrogens is 281 g/mol. The van der Waals surface area contributed by atoms with Gasteiger partial charge in [0.15, 0.2) is 0 Å². The minimum atomic E-state index is -4.55. The van der Waals surface area contributed by atoms with Crippen LogP contribution in [-0.2, 0) is 6.18 Å². The number of amides is 1. The summed E-state index contributed by atoms with van der Waals surface area (Å²) in [4.78, 5) is 14.1. The van der Waals surface area contributed by atoms with E-state index in [0.29, 0.717) is 6.54 Å². The van der Waals surface area contributed by atoms with E-state index in [2.05, 4.69) is 0 Å². The first-order chi connectivity index (χ1) is 9.84. The number of nitrogens with two attached hydrogens (primary N) is 1. The summed E-state index contributed by atoms with van der Waals surface area (Å²) in [5.74, 6) is -0.337. The Labute approximate surface area is 121 Å². The average Bonchev–Trinajstić information content (AvgIpc) is 3.22. The molecule has 1 aliphatic rings. The third-order valence-corrected chi connectivity index (χ3v) is 3.61. The second-order valence-corrected chi connectivity index (χ2v) is 5.38. The minimum Gasteiger partial charge on any atom is -0.398 e. The molecule has 0 saturated heterocycles. The summed E-state index contributed by atoms with van der Waals surface area (Å²) >= 11 is 0. The predicted molar refractivity (Wildman–Crippen MR) is 74.8 cm³/mol. The molecule has 0 aliphatic heterocycles. The number of hydrogen-bond acceptors (Lipinski definition) is 2. The Morgan fingerprint density at radius 3 is 2.57 bits per heavy atom. The molecule has 1 saturated carbocycles. The Hall–Kier alpha value is -1.72. The van der Waals surface area contributed by atoms with E-state index in [-0.39, 0.29) is 23.2 Å². The lowest BCUT2D eigenvalue weighted by Crippen LogP contribution is -2.34. The van der Waals surface area contributed by atoms with Gasteiger partial charge in [0.1, 0.15) is 0 Å². The SMILES string of the molecule is CCCCN(C(=O)c1ccc(N)c(C(F)(F)F)c1)C1CC1. The van der Waals surface area contributed by atoms with Gasteiger partial charge < -0.3 is 10.6 Å². The Balaban J connectivity index is 2.25. The normalized spacial score (nSPS) is 15.0. The zero-order chi connectivity index (χ0) is 15.6. The van der Waals surface area contributed by atoms with Crippen LogP contribution in [0.1, 0.15) is 48.5 Å². The first-order valence-electron chi connectivity index (χ1n) is 7.12. The van der Waals surface area contributed by atoms with Gasteiger partial charge in [-0.3, -0.25) is 4.79 Å². The number of nitrogens with zero attached hydrogens (tertiary/aromatic N) is 1. The van der Waals surface area contributed by atoms with E-state index >= 15 is 0 Å². The number of nitrogen functional groups attached to an aromatic ring is 1. The van der Waals surface area contributed by atoms with Crippen molar-refractivity contribution in [3.05, 3.63) is 29.3 Å². The number of halogens is 3. The predicted octanol–water partition coefficient (Wildman–Crippen LogP) is 3.69. The van der Waals surface area contributed by atoms with Crippen molar-refractivity contribution in [1.29, 1.82) is 0 Å². The molecule has 116 valence electrons. The van der Waals surface area contributed by atoms with Crippen molar-refractivity contribution in [2.24, 2.45) is 0 Å². The van der Waals surface area contributed by atoms with E-state index in [9.17, 15) is 18.0 Å². The van der Waals surface area contributed by atoms with Gasteiger partial charge in [0, 0.05) is 23.8 Å². The second-order valence-electron chi connectivity index (χ2n) is 5.38. The zero-order valence-corrected chi connectivity index (χ0v) is 11.9. The zero-order valence-electron chi connectivity index (χ0n) is 11.9. The molecule has 0 heterocycles. The molecule has 2 N–H and O–H groups in total. The van der Waals surface area contributed by atoms with Gasteiger partial charge in [0.2, 0.25) is 0 Å². The lowest BCUT2D eigenvalue weighted by Gasteiger charge is -2.23. The smallest absolute Gasteiger partial charge is 0.398 e. The van der Waals surface area contributed by atoms with Crippen molar-refractivity contribution in [2.45, 2.75) is 44.8 Å². The van der Waals surface area contributed by atoms with Gasteiger partial charge in [0.25, 0.3) is 5.91 Å². The number of carbonyl (C=O) groups is 1. The summed E-state index contributed by atoms with van der Waals surface area (Å²) in [5.41, 5.74) is 4.11. The van der Waals surface area contributed by atoms with Crippen molar-refractivity contribution in [1.82, 2.24) is 4.90 Å². The second kappa shape index (κ2) is 5.95. The maximum Gasteiger partial charge on any atom is 0.418 e. The third kappa shape index (κ3) is 3.68. The van der Waals surface area contributed by atoms with E-state index in [0.717, 1.165) is 37.8 Å². The molecule has 21 heavy (non-hydrogen) atoms. The molecule has 0 aromatic heterocycles. The molecule has 0 spiro atoms. The Bertz CT molecular complexity index is 524. The first-order valence-corrected chi connectivity index (χ1v) is 7.12. The highest BCUT2D eigenvalue weighted by atomic mass is 19.4. The Kier molecular flexibility index (Phi) is 4.44. The molecule has 1 amide bonds. The van der Waals surface area contributed by atoms with Crippen LogP contribution >= 0.6 is 0 Å². The van der Waals surface area contributed by atoms with Crippen LogP contribution in [-0.4, -0.2) is 23.4 Å². The monoisotopic (exact) mass is 300 g/mol. The van der Waals surface area contributed by atoms with Crippen LogP contribution in [0.25, 0.3) is 0 Å². The number of rotatable bonds is 5. The fourth-order valence-corrected chi connectivity index (χ4v) is 2.27. The molecule has 1 aliphatic carbocycles. The van der Waals surface area contributed by atoms with Crippen molar-refractivity contribution < 1.29 is 18.0 Å². The van der Waals surface area contributed by atoms with Crippen molar-refractivity contribution in [2.75, 3.05) is 12.3 Å². The van der Waals surface area contributed by atoms with Crippen LogP contribution in [0.3, 0.4) is 0 Å². The molecule has 1 aromatic rings. The number of anilines is 1. The maximum absolute atomic E-state index is 12.9. The van der Waals surface area contributed by atoms with Gasteiger partial charge >= 0.3 is 6.18 Å². The highest BCUT2D eigenvalue weighted by Crippen LogP contribution is 2.35. The van der Waals surface area contributed by atoms with Gasteiger partial charge in [0.05, 0.1) is 5.56 Å². The molecule has 1 aromatic carbocycles. The average molecular weight is 300 g/mol. The van der Waals surface area contributed by atoms with Crippen LogP contribution in [0.4, 0.5) is 18.9 Å². The number of benzene rings is 1. The van der Waals surface area contributed by atoms with Gasteiger partial charge in [-0.15, -0.1) is 0 Å². The molecule has 0 radical (unpaired) electrons. The standard InChI is InChI=1S/C15H19F3N2O/c1-2-3-8-20(11-5-6-11)14(21)10-4-7-13(19)12(9-10)15(16,17)18/h4,7,9,11H,2-3,5-6,8,19H2,1H3. The maximum atomic E-state index is 12.9. The summed E-state index contributed by atoms with van der Waals surface area (Å²) in [6, 6.07) is 3.56. The van der Waals surface area contributed by atoms with Crippen LogP contribution in [0.5, 0.6) is 0 Å². The van der Waals surface area contributed by atoms with Crippen molar-refractivity contribution >= 4 is 11.6 Å². The number of unbranched alkanes of at least 4 members (excludes halogenated alkanes) is 1. The van der Waals surface area contributed by atoms with Crippen LogP contribution in [0, 0.1) is 0 Å². The molecule has 0 atom stereocenters. The lowest BCUT2D eigenvalue weighted by atomic mass is 10.1. The Morgan fingerprint density at radius 1 is 1.38 bits per heavy atom. The summed E-state index contributed by atoms with van der Waals surface area (Å²) in [6.07, 6.45) is -0.906. The van der Waals surface area contributed by atoms with Gasteiger partial charge in [-0.2, -0.15) is 13.2 Å². The minimum absolute atomic E-state index is 0.0551. The molecule has 2 rings (SSSR count). The fraction of sp³-hybridized carbons (Fsp3) is 0.533. The first kappa shape index (κ1) is 15.7. The van der Waals surface area contributed by atoms with E-state index in [1.54, 1.807) is 4.90 Å². The topological polar surface area (TPSA) is 46.3 Å². The van der Waals surface area contributed by atoms with Crippen LogP contribution < -0.4 is 5.73 Å². The van der Waals surface area contributed by atoms with E-state index < -0.39 is 11.7 Å². The summed E-state index contributed by atoms with van der Waals surface area (Å²) in [6.45, 7) is 2.60. The van der Waals surface area contributed by atoms with Gasteiger partial charge in [-0.05, 0) is 37.5 Å². The number of carbonyl (C=O) groups excluding carboxylic acids is 1. The van der Waals surface area contributed by atoms with Crippen molar-refractivity contribution in [3.63, 3.8) is 0 Å². The molecule has 3 nitrogen and oxygen atoms in total. The van der Waals surface area contributed by atoms with E-state index in [1.165, 1.54) is 6.07 Å². The van der Waals surface area contributed by atoms with E-state index in [1.807, 2.05) is 6.92 Å². The van der Waals surface area contributed by atoms with Crippen LogP contribution in [0.2, 0.25) is 0 Å². The number of hydrogen-bond donors (Lipinski definition) is 1. The number of alkyl halides is 3. The molecule has 0 unspecified atom stereocenters. The van der Waals surface area contributed by atoms with Crippen molar-refractivity contribution in [3.8, 4) is 0 Å². The molecular formula is C15H19F3N2O.